The van der Waals surface area contributed by atoms with Crippen molar-refractivity contribution in [2.75, 3.05) is 13.7 Å². The van der Waals surface area contributed by atoms with E-state index in [0.29, 0.717) is 40.5 Å². The van der Waals surface area contributed by atoms with Crippen molar-refractivity contribution in [3.05, 3.63) is 107 Å². The van der Waals surface area contributed by atoms with Gasteiger partial charge in [0.25, 0.3) is 5.91 Å². The highest BCUT2D eigenvalue weighted by atomic mass is 32.2. The SMILES string of the molecule is CCOc1cc(C=C2SC(=S)N(Cc3ccc(OC)cc3)C2=O)ccc1OCc1ccc2ccccc2c1. The highest BCUT2D eigenvalue weighted by Gasteiger charge is 2.32. The highest BCUT2D eigenvalue weighted by Crippen LogP contribution is 2.36. The van der Waals surface area contributed by atoms with Crippen LogP contribution in [-0.2, 0) is 17.9 Å². The second-order valence-corrected chi connectivity index (χ2v) is 10.4. The lowest BCUT2D eigenvalue weighted by molar-refractivity contribution is -0.122. The van der Waals surface area contributed by atoms with E-state index in [0.717, 1.165) is 22.4 Å². The molecule has 5 rings (SSSR count). The first-order valence-electron chi connectivity index (χ1n) is 12.3. The number of rotatable bonds is 9. The Labute approximate surface area is 232 Å². The zero-order valence-electron chi connectivity index (χ0n) is 21.2. The summed E-state index contributed by atoms with van der Waals surface area (Å²) >= 11 is 6.82. The lowest BCUT2D eigenvalue weighted by Crippen LogP contribution is -2.27. The molecular formula is C31H27NO4S2. The Morgan fingerprint density at radius 1 is 0.868 bits per heavy atom. The molecule has 1 aliphatic rings. The molecule has 0 atom stereocenters. The molecule has 4 aromatic carbocycles. The average molecular weight is 542 g/mol. The first-order valence-corrected chi connectivity index (χ1v) is 13.5. The van der Waals surface area contributed by atoms with E-state index in [9.17, 15) is 4.79 Å². The van der Waals surface area contributed by atoms with E-state index < -0.39 is 0 Å². The molecule has 1 saturated heterocycles. The van der Waals surface area contributed by atoms with Gasteiger partial charge in [0.2, 0.25) is 0 Å². The normalized spacial score (nSPS) is 14.4. The van der Waals surface area contributed by atoms with Crippen LogP contribution in [-0.4, -0.2) is 28.8 Å². The van der Waals surface area contributed by atoms with Gasteiger partial charge in [0, 0.05) is 0 Å². The Kier molecular flexibility index (Phi) is 7.96. The van der Waals surface area contributed by atoms with Gasteiger partial charge in [-0.25, -0.2) is 0 Å². The predicted octanol–water partition coefficient (Wildman–Crippen LogP) is 7.23. The number of methoxy groups -OCH3 is 1. The van der Waals surface area contributed by atoms with Crippen LogP contribution in [0.25, 0.3) is 16.8 Å². The average Bonchev–Trinajstić information content (AvgIpc) is 3.20. The molecule has 0 N–H and O–H groups in total. The topological polar surface area (TPSA) is 48.0 Å². The summed E-state index contributed by atoms with van der Waals surface area (Å²) in [5.74, 6) is 1.96. The number of amides is 1. The standard InChI is InChI=1S/C31H27NO4S2/c1-3-35-28-17-22(11-15-27(28)36-20-23-8-12-24-6-4-5-7-25(24)16-23)18-29-30(33)32(31(37)38-29)19-21-9-13-26(34-2)14-10-21/h4-18H,3,19-20H2,1-2H3. The lowest BCUT2D eigenvalue weighted by atomic mass is 10.1. The van der Waals surface area contributed by atoms with Gasteiger partial charge in [0.15, 0.2) is 11.5 Å². The summed E-state index contributed by atoms with van der Waals surface area (Å²) in [5.41, 5.74) is 2.90. The van der Waals surface area contributed by atoms with Crippen molar-refractivity contribution in [3.63, 3.8) is 0 Å². The molecule has 0 unspecified atom stereocenters. The number of hydrogen-bond donors (Lipinski definition) is 0. The van der Waals surface area contributed by atoms with Crippen LogP contribution in [0.3, 0.4) is 0 Å². The van der Waals surface area contributed by atoms with Crippen LogP contribution in [0, 0.1) is 0 Å². The van der Waals surface area contributed by atoms with Gasteiger partial charge in [-0.05, 0) is 70.8 Å². The summed E-state index contributed by atoms with van der Waals surface area (Å²) < 4.78 is 17.8. The van der Waals surface area contributed by atoms with Crippen LogP contribution in [0.1, 0.15) is 23.6 Å². The minimum Gasteiger partial charge on any atom is -0.497 e. The molecule has 5 nitrogen and oxygen atoms in total. The van der Waals surface area contributed by atoms with Crippen molar-refractivity contribution in [3.8, 4) is 17.2 Å². The summed E-state index contributed by atoms with van der Waals surface area (Å²) in [7, 11) is 1.63. The van der Waals surface area contributed by atoms with E-state index in [1.807, 2.05) is 67.6 Å². The van der Waals surface area contributed by atoms with Crippen LogP contribution in [0.4, 0.5) is 0 Å². The number of carbonyl (C=O) groups excluding carboxylic acids is 1. The molecular weight excluding hydrogens is 514 g/mol. The number of benzene rings is 4. The predicted molar refractivity (Wildman–Crippen MR) is 158 cm³/mol. The van der Waals surface area contributed by atoms with Gasteiger partial charge in [-0.15, -0.1) is 0 Å². The number of carbonyl (C=O) groups is 1. The van der Waals surface area contributed by atoms with Gasteiger partial charge in [-0.2, -0.15) is 0 Å². The summed E-state index contributed by atoms with van der Waals surface area (Å²) in [6.07, 6.45) is 1.85. The molecule has 0 saturated carbocycles. The summed E-state index contributed by atoms with van der Waals surface area (Å²) in [5, 5.41) is 2.38. The molecule has 0 radical (unpaired) electrons. The third-order valence-corrected chi connectivity index (χ3v) is 7.52. The highest BCUT2D eigenvalue weighted by molar-refractivity contribution is 8.26. The molecule has 192 valence electrons. The molecule has 0 aliphatic carbocycles. The maximum atomic E-state index is 13.1. The van der Waals surface area contributed by atoms with Crippen LogP contribution >= 0.6 is 24.0 Å². The quantitative estimate of drug-likeness (QED) is 0.165. The molecule has 1 amide bonds. The van der Waals surface area contributed by atoms with Gasteiger partial charge < -0.3 is 14.2 Å². The van der Waals surface area contributed by atoms with E-state index in [1.165, 1.54) is 22.5 Å². The van der Waals surface area contributed by atoms with Crippen LogP contribution in [0.5, 0.6) is 17.2 Å². The Morgan fingerprint density at radius 3 is 2.39 bits per heavy atom. The number of thiocarbonyl (C=S) groups is 1. The molecule has 0 bridgehead atoms. The number of ether oxygens (including phenoxy) is 3. The fourth-order valence-corrected chi connectivity index (χ4v) is 5.45. The molecule has 0 spiro atoms. The largest absolute Gasteiger partial charge is 0.497 e. The minimum atomic E-state index is -0.106. The fourth-order valence-electron chi connectivity index (χ4n) is 4.19. The molecule has 1 heterocycles. The third-order valence-electron chi connectivity index (χ3n) is 6.15. The molecule has 1 aliphatic heterocycles. The molecule has 7 heteroatoms. The van der Waals surface area contributed by atoms with E-state index >= 15 is 0 Å². The van der Waals surface area contributed by atoms with Gasteiger partial charge in [0.05, 0.1) is 25.2 Å². The lowest BCUT2D eigenvalue weighted by Gasteiger charge is -2.15. The van der Waals surface area contributed by atoms with Crippen molar-refractivity contribution < 1.29 is 19.0 Å². The maximum Gasteiger partial charge on any atom is 0.266 e. The molecule has 1 fully saturated rings. The number of nitrogens with zero attached hydrogens (tertiary/aromatic N) is 1. The second-order valence-electron chi connectivity index (χ2n) is 8.73. The smallest absolute Gasteiger partial charge is 0.266 e. The molecule has 38 heavy (non-hydrogen) atoms. The first-order chi connectivity index (χ1) is 18.5. The maximum absolute atomic E-state index is 13.1. The van der Waals surface area contributed by atoms with Crippen LogP contribution in [0.2, 0.25) is 0 Å². The van der Waals surface area contributed by atoms with Gasteiger partial charge in [-0.3, -0.25) is 9.69 Å². The Morgan fingerprint density at radius 2 is 1.63 bits per heavy atom. The Hall–Kier alpha value is -3.81. The molecule has 4 aromatic rings. The van der Waals surface area contributed by atoms with Gasteiger partial charge in [-0.1, -0.05) is 78.6 Å². The summed E-state index contributed by atoms with van der Waals surface area (Å²) in [6, 6.07) is 27.9. The third kappa shape index (κ3) is 5.85. The van der Waals surface area contributed by atoms with Gasteiger partial charge >= 0.3 is 0 Å². The van der Waals surface area contributed by atoms with Crippen LogP contribution in [0.15, 0.2) is 89.8 Å². The second kappa shape index (κ2) is 11.7. The fraction of sp³-hybridized carbons (Fsp3) is 0.161. The first kappa shape index (κ1) is 25.8. The summed E-state index contributed by atoms with van der Waals surface area (Å²) in [6.45, 7) is 3.27. The van der Waals surface area contributed by atoms with Crippen molar-refractivity contribution in [2.45, 2.75) is 20.1 Å². The van der Waals surface area contributed by atoms with Crippen molar-refractivity contribution in [1.29, 1.82) is 0 Å². The number of hydrogen-bond acceptors (Lipinski definition) is 6. The van der Waals surface area contributed by atoms with Crippen LogP contribution < -0.4 is 14.2 Å². The van der Waals surface area contributed by atoms with Crippen molar-refractivity contribution >= 4 is 51.1 Å². The Balaban J connectivity index is 1.30. The Bertz CT molecular complexity index is 1510. The monoisotopic (exact) mass is 541 g/mol. The zero-order chi connectivity index (χ0) is 26.5. The number of fused-ring (bicyclic) bond motifs is 1. The van der Waals surface area contributed by atoms with Crippen molar-refractivity contribution in [1.82, 2.24) is 4.90 Å². The number of thioether (sulfide) groups is 1. The van der Waals surface area contributed by atoms with Crippen molar-refractivity contribution in [2.24, 2.45) is 0 Å². The minimum absolute atomic E-state index is 0.106. The van der Waals surface area contributed by atoms with E-state index in [4.69, 9.17) is 26.4 Å². The van der Waals surface area contributed by atoms with Gasteiger partial charge in [0.1, 0.15) is 16.7 Å². The summed E-state index contributed by atoms with van der Waals surface area (Å²) in [4.78, 5) is 15.3. The van der Waals surface area contributed by atoms with E-state index in [1.54, 1.807) is 12.0 Å². The zero-order valence-corrected chi connectivity index (χ0v) is 22.8. The van der Waals surface area contributed by atoms with E-state index in [-0.39, 0.29) is 5.91 Å². The molecule has 0 aromatic heterocycles. The van der Waals surface area contributed by atoms with E-state index in [2.05, 4.69) is 30.3 Å².